The first-order valence-corrected chi connectivity index (χ1v) is 31.6. The van der Waals surface area contributed by atoms with Crippen molar-refractivity contribution in [3.05, 3.63) is 109 Å². The molecule has 17 unspecified atom stereocenters. The predicted octanol–water partition coefficient (Wildman–Crippen LogP) is 6.71. The van der Waals surface area contributed by atoms with Crippen molar-refractivity contribution < 1.29 is 89.4 Å². The predicted molar refractivity (Wildman–Crippen MR) is 327 cm³/mol. The van der Waals surface area contributed by atoms with Crippen molar-refractivity contribution >= 4 is 5.91 Å². The van der Waals surface area contributed by atoms with Gasteiger partial charge >= 0.3 is 0 Å². The molecule has 0 aromatic rings. The van der Waals surface area contributed by atoms with Gasteiger partial charge in [-0.2, -0.15) is 0 Å². The monoisotopic (exact) mass is 1200 g/mol. The number of allylic oxidation sites excluding steroid dienone is 18. The number of ether oxygens (including phenoxy) is 6. The largest absolute Gasteiger partial charge is 0.394 e. The van der Waals surface area contributed by atoms with Gasteiger partial charge in [0.1, 0.15) is 73.2 Å². The van der Waals surface area contributed by atoms with E-state index in [2.05, 4.69) is 129 Å². The van der Waals surface area contributed by atoms with Gasteiger partial charge in [-0.1, -0.05) is 187 Å². The standard InChI is InChI=1S/C66H109NO18/c1-3-5-7-9-11-12-13-14-15-16-17-18-19-20-21-22-23-24-25-26-27-28-29-30-31-32-33-34-35-36-38-40-42-44-54(72)67-49(50(71)43-41-39-37-10-8-6-4-2)48-80-64-60(78)57(75)62(52(46-69)82-64)85-66-61(79)58(76)63(53(47-70)83-66)84-65-59(77)56(74)55(73)51(45-68)81-65/h5,7,11-12,14-15,17-18,20-21,23-24,26-27,29-30,32-33,49-53,55-66,68-71,73-79H,3-4,6,8-10,13,16,19,22,25,28,31,34-48H2,1-2H3,(H,67,72)/b7-5-,12-11-,15-14-,18-17-,21-20-,24-23-,27-26-,30-29-,33-32-. The summed E-state index contributed by atoms with van der Waals surface area (Å²) in [6.07, 6.45) is 35.1. The van der Waals surface area contributed by atoms with Gasteiger partial charge in [0, 0.05) is 6.42 Å². The van der Waals surface area contributed by atoms with E-state index in [0.29, 0.717) is 19.3 Å². The summed E-state index contributed by atoms with van der Waals surface area (Å²) in [6, 6.07) is -0.903. The van der Waals surface area contributed by atoms with E-state index in [9.17, 15) is 61.0 Å². The Labute approximate surface area is 506 Å². The average Bonchev–Trinajstić information content (AvgIpc) is 3.70. The number of carbonyl (C=O) groups excluding carboxylic acids is 1. The van der Waals surface area contributed by atoms with Crippen molar-refractivity contribution in [1.29, 1.82) is 0 Å². The van der Waals surface area contributed by atoms with E-state index in [0.717, 1.165) is 122 Å². The Bertz CT molecular complexity index is 1970. The molecule has 0 aromatic heterocycles. The van der Waals surface area contributed by atoms with Crippen molar-refractivity contribution in [2.45, 2.75) is 272 Å². The molecule has 0 saturated carbocycles. The number of hydrogen-bond donors (Lipinski definition) is 12. The average molecular weight is 1200 g/mol. The van der Waals surface area contributed by atoms with Gasteiger partial charge in [-0.3, -0.25) is 4.79 Å². The summed E-state index contributed by atoms with van der Waals surface area (Å²) in [5.41, 5.74) is 0. The number of amides is 1. The third-order valence-electron chi connectivity index (χ3n) is 15.1. The smallest absolute Gasteiger partial charge is 0.220 e. The highest BCUT2D eigenvalue weighted by Crippen LogP contribution is 2.33. The maximum Gasteiger partial charge on any atom is 0.220 e. The van der Waals surface area contributed by atoms with Gasteiger partial charge in [0.25, 0.3) is 0 Å². The summed E-state index contributed by atoms with van der Waals surface area (Å²) in [7, 11) is 0. The van der Waals surface area contributed by atoms with Crippen molar-refractivity contribution in [2.24, 2.45) is 0 Å². The lowest BCUT2D eigenvalue weighted by molar-refractivity contribution is -0.379. The van der Waals surface area contributed by atoms with Gasteiger partial charge in [-0.15, -0.1) is 0 Å². The molecule has 1 amide bonds. The van der Waals surface area contributed by atoms with Gasteiger partial charge in [0.05, 0.1) is 38.6 Å². The molecule has 3 aliphatic rings. The van der Waals surface area contributed by atoms with Gasteiger partial charge in [0.15, 0.2) is 18.9 Å². The van der Waals surface area contributed by atoms with Gasteiger partial charge in [-0.25, -0.2) is 0 Å². The SMILES string of the molecule is CC/C=C\C/C=C\C/C=C\C/C=C\C/C=C\C/C=C\C/C=C\C/C=C\C/C=C\CCCCCCCC(=O)NC(COC1OC(CO)C(OC2OC(CO)C(OC3OC(CO)C(O)C(O)C3O)C(O)C2O)C(O)C1O)C(O)CCCCCCCCC. The van der Waals surface area contributed by atoms with Crippen molar-refractivity contribution in [3.63, 3.8) is 0 Å². The van der Waals surface area contributed by atoms with E-state index in [1.54, 1.807) is 0 Å². The minimum Gasteiger partial charge on any atom is -0.394 e. The Morgan fingerprint density at radius 2 is 0.812 bits per heavy atom. The molecule has 3 rings (SSSR count). The van der Waals surface area contributed by atoms with Crippen molar-refractivity contribution in [2.75, 3.05) is 26.4 Å². The first-order chi connectivity index (χ1) is 41.3. The van der Waals surface area contributed by atoms with E-state index < -0.39 is 124 Å². The first kappa shape index (κ1) is 75.7. The lowest BCUT2D eigenvalue weighted by Gasteiger charge is -2.48. The molecule has 0 aliphatic carbocycles. The van der Waals surface area contributed by atoms with Crippen LogP contribution in [-0.2, 0) is 33.2 Å². The van der Waals surface area contributed by atoms with Crippen LogP contribution >= 0.6 is 0 Å². The van der Waals surface area contributed by atoms with Crippen LogP contribution < -0.4 is 5.32 Å². The van der Waals surface area contributed by atoms with Crippen molar-refractivity contribution in [3.8, 4) is 0 Å². The Morgan fingerprint density at radius 1 is 0.435 bits per heavy atom. The second kappa shape index (κ2) is 47.5. The zero-order chi connectivity index (χ0) is 61.9. The minimum atomic E-state index is -1.98. The zero-order valence-electron chi connectivity index (χ0n) is 50.8. The molecule has 19 nitrogen and oxygen atoms in total. The molecule has 3 heterocycles. The Morgan fingerprint density at radius 3 is 1.27 bits per heavy atom. The summed E-state index contributed by atoms with van der Waals surface area (Å²) in [6.45, 7) is 1.56. The number of rotatable bonds is 45. The number of hydrogen-bond acceptors (Lipinski definition) is 18. The van der Waals surface area contributed by atoms with Crippen LogP contribution in [0, 0.1) is 0 Å². The van der Waals surface area contributed by atoms with Crippen LogP contribution in [0.4, 0.5) is 0 Å². The second-order valence-corrected chi connectivity index (χ2v) is 22.1. The van der Waals surface area contributed by atoms with Crippen LogP contribution in [0.5, 0.6) is 0 Å². The van der Waals surface area contributed by atoms with Gasteiger partial charge in [0.2, 0.25) is 5.91 Å². The lowest BCUT2D eigenvalue weighted by Crippen LogP contribution is -2.66. The van der Waals surface area contributed by atoms with E-state index in [4.69, 9.17) is 28.4 Å². The molecule has 17 atom stereocenters. The van der Waals surface area contributed by atoms with Crippen LogP contribution in [0.1, 0.15) is 168 Å². The third kappa shape index (κ3) is 30.5. The fourth-order valence-electron chi connectivity index (χ4n) is 9.95. The molecule has 486 valence electrons. The molecule has 0 aromatic carbocycles. The topological polar surface area (TPSA) is 307 Å². The van der Waals surface area contributed by atoms with Crippen LogP contribution in [0.2, 0.25) is 0 Å². The number of aliphatic hydroxyl groups excluding tert-OH is 11. The number of aliphatic hydroxyl groups is 11. The molecule has 0 radical (unpaired) electrons. The summed E-state index contributed by atoms with van der Waals surface area (Å²) in [4.78, 5) is 13.3. The van der Waals surface area contributed by atoms with E-state index >= 15 is 0 Å². The third-order valence-corrected chi connectivity index (χ3v) is 15.1. The fourth-order valence-corrected chi connectivity index (χ4v) is 9.95. The summed E-state index contributed by atoms with van der Waals surface area (Å²) < 4.78 is 34.2. The highest BCUT2D eigenvalue weighted by molar-refractivity contribution is 5.76. The number of unbranched alkanes of at least 4 members (excludes halogenated alkanes) is 11. The lowest BCUT2D eigenvalue weighted by atomic mass is 9.96. The van der Waals surface area contributed by atoms with E-state index in [1.165, 1.54) is 6.42 Å². The molecule has 3 saturated heterocycles. The van der Waals surface area contributed by atoms with Crippen LogP contribution in [0.25, 0.3) is 0 Å². The van der Waals surface area contributed by atoms with E-state index in [1.807, 2.05) is 0 Å². The first-order valence-electron chi connectivity index (χ1n) is 31.6. The molecular weight excluding hydrogens is 1090 g/mol. The molecule has 3 aliphatic heterocycles. The van der Waals surface area contributed by atoms with E-state index in [-0.39, 0.29) is 18.9 Å². The fraction of sp³-hybridized carbons (Fsp3) is 0.712. The van der Waals surface area contributed by atoms with Crippen LogP contribution in [0.3, 0.4) is 0 Å². The number of carbonyl (C=O) groups is 1. The van der Waals surface area contributed by atoms with Gasteiger partial charge < -0.3 is 89.9 Å². The maximum absolute atomic E-state index is 13.3. The van der Waals surface area contributed by atoms with Gasteiger partial charge in [-0.05, 0) is 83.5 Å². The summed E-state index contributed by atoms with van der Waals surface area (Å²) in [5, 5.41) is 120. The quantitative estimate of drug-likeness (QED) is 0.0223. The van der Waals surface area contributed by atoms with Crippen LogP contribution in [0.15, 0.2) is 109 Å². The van der Waals surface area contributed by atoms with Crippen LogP contribution in [-0.4, -0.2) is 193 Å². The summed E-state index contributed by atoms with van der Waals surface area (Å²) >= 11 is 0. The highest BCUT2D eigenvalue weighted by Gasteiger charge is 2.53. The summed E-state index contributed by atoms with van der Waals surface area (Å²) in [5.74, 6) is -0.273. The molecule has 85 heavy (non-hydrogen) atoms. The van der Waals surface area contributed by atoms with Crippen molar-refractivity contribution in [1.82, 2.24) is 5.32 Å². The molecular formula is C66H109NO18. The molecule has 0 spiro atoms. The zero-order valence-corrected chi connectivity index (χ0v) is 50.8. The Hall–Kier alpha value is -3.55. The number of nitrogens with one attached hydrogen (secondary N) is 1. The normalized spacial score (nSPS) is 29.7. The Balaban J connectivity index is 1.36. The Kier molecular flexibility index (Phi) is 42.3. The molecule has 0 bridgehead atoms. The molecule has 12 N–H and O–H groups in total. The second-order valence-electron chi connectivity index (χ2n) is 22.1. The highest BCUT2D eigenvalue weighted by atomic mass is 16.8. The minimum absolute atomic E-state index is 0.235. The maximum atomic E-state index is 13.3. The molecule has 19 heteroatoms. The molecule has 3 fully saturated rings.